The summed E-state index contributed by atoms with van der Waals surface area (Å²) in [6.45, 7) is 7.62. The van der Waals surface area contributed by atoms with Gasteiger partial charge in [-0.25, -0.2) is 4.98 Å². The van der Waals surface area contributed by atoms with E-state index in [1.165, 1.54) is 11.8 Å². The summed E-state index contributed by atoms with van der Waals surface area (Å²) in [5.74, 6) is 0.863. The van der Waals surface area contributed by atoms with Crippen LogP contribution in [0.5, 0.6) is 11.6 Å². The third-order valence-corrected chi connectivity index (χ3v) is 5.74. The minimum atomic E-state index is -0.302. The highest BCUT2D eigenvalue weighted by Crippen LogP contribution is 2.29. The molecule has 1 saturated heterocycles. The molecular formula is C25H26N8O2. The Balaban J connectivity index is 1.35. The summed E-state index contributed by atoms with van der Waals surface area (Å²) in [4.78, 5) is 32.7. The highest BCUT2D eigenvalue weighted by molar-refractivity contribution is 5.99. The van der Waals surface area contributed by atoms with Crippen molar-refractivity contribution in [1.82, 2.24) is 24.8 Å². The van der Waals surface area contributed by atoms with E-state index in [1.807, 2.05) is 12.1 Å². The predicted octanol–water partition coefficient (Wildman–Crippen LogP) is 3.77. The molecule has 1 fully saturated rings. The van der Waals surface area contributed by atoms with Crippen molar-refractivity contribution in [1.29, 1.82) is 0 Å². The molecule has 0 spiro atoms. The van der Waals surface area contributed by atoms with Gasteiger partial charge in [-0.2, -0.15) is 9.97 Å². The standard InChI is InChI=1S/C25H26N8O2/c1-3-21(34)28-18-5-4-6-20(15-18)35-24-22-23(27-16-26-22)30-25(31-24)29-17-7-9-19(10-8-17)33-13-11-32(2)12-14-33/h3-10,15-16H,1,11-14H2,2H3,(H,28,34)(H2,26,27,29,30,31). The van der Waals surface area contributed by atoms with Gasteiger partial charge in [0.2, 0.25) is 11.9 Å². The molecule has 0 bridgehead atoms. The van der Waals surface area contributed by atoms with E-state index in [2.05, 4.69) is 66.1 Å². The number of H-pyrrole nitrogens is 1. The van der Waals surface area contributed by atoms with Gasteiger partial charge in [-0.15, -0.1) is 0 Å². The first-order chi connectivity index (χ1) is 17.1. The van der Waals surface area contributed by atoms with Crippen LogP contribution in [0.25, 0.3) is 11.2 Å². The van der Waals surface area contributed by atoms with Gasteiger partial charge in [0.1, 0.15) is 5.75 Å². The number of fused-ring (bicyclic) bond motifs is 1. The van der Waals surface area contributed by atoms with Gasteiger partial charge in [0, 0.05) is 49.3 Å². The van der Waals surface area contributed by atoms with Crippen molar-refractivity contribution in [3.8, 4) is 11.6 Å². The summed E-state index contributed by atoms with van der Waals surface area (Å²) in [7, 11) is 2.15. The number of piperazine rings is 1. The Kier molecular flexibility index (Phi) is 6.27. The number of hydrogen-bond acceptors (Lipinski definition) is 8. The van der Waals surface area contributed by atoms with Gasteiger partial charge in [-0.3, -0.25) is 4.79 Å². The lowest BCUT2D eigenvalue weighted by Gasteiger charge is -2.34. The van der Waals surface area contributed by atoms with Crippen LogP contribution in [-0.4, -0.2) is 64.0 Å². The number of aromatic amines is 1. The summed E-state index contributed by atoms with van der Waals surface area (Å²) >= 11 is 0. The normalized spacial score (nSPS) is 14.0. The van der Waals surface area contributed by atoms with E-state index in [9.17, 15) is 4.79 Å². The fourth-order valence-electron chi connectivity index (χ4n) is 3.83. The Morgan fingerprint density at radius 3 is 2.66 bits per heavy atom. The van der Waals surface area contributed by atoms with Crippen molar-refractivity contribution in [2.45, 2.75) is 0 Å². The van der Waals surface area contributed by atoms with E-state index < -0.39 is 0 Å². The van der Waals surface area contributed by atoms with Gasteiger partial charge in [0.25, 0.3) is 5.88 Å². The smallest absolute Gasteiger partial charge is 0.252 e. The number of carbonyl (C=O) groups excluding carboxylic acids is 1. The van der Waals surface area contributed by atoms with E-state index in [0.717, 1.165) is 31.9 Å². The maximum Gasteiger partial charge on any atom is 0.252 e. The van der Waals surface area contributed by atoms with Crippen LogP contribution in [0.1, 0.15) is 0 Å². The first-order valence-corrected chi connectivity index (χ1v) is 11.3. The lowest BCUT2D eigenvalue weighted by molar-refractivity contribution is -0.111. The number of nitrogens with one attached hydrogen (secondary N) is 3. The zero-order valence-corrected chi connectivity index (χ0v) is 19.4. The zero-order valence-electron chi connectivity index (χ0n) is 19.4. The maximum atomic E-state index is 11.6. The highest BCUT2D eigenvalue weighted by Gasteiger charge is 2.15. The summed E-state index contributed by atoms with van der Waals surface area (Å²) in [5.41, 5.74) is 3.69. The highest BCUT2D eigenvalue weighted by atomic mass is 16.5. The number of imidazole rings is 1. The number of rotatable bonds is 7. The second kappa shape index (κ2) is 9.82. The van der Waals surface area contributed by atoms with Crippen LogP contribution in [0.3, 0.4) is 0 Å². The molecule has 3 heterocycles. The second-order valence-corrected chi connectivity index (χ2v) is 8.24. The van der Waals surface area contributed by atoms with Crippen LogP contribution in [0, 0.1) is 0 Å². The molecule has 1 aliphatic heterocycles. The molecule has 2 aromatic heterocycles. The lowest BCUT2D eigenvalue weighted by atomic mass is 10.2. The fraction of sp³-hybridized carbons (Fsp3) is 0.200. The molecule has 1 amide bonds. The molecule has 10 nitrogen and oxygen atoms in total. The number of benzene rings is 2. The number of ether oxygens (including phenoxy) is 1. The number of anilines is 4. The summed E-state index contributed by atoms with van der Waals surface area (Å²) < 4.78 is 6.03. The fourth-order valence-corrected chi connectivity index (χ4v) is 3.83. The molecule has 178 valence electrons. The number of amides is 1. The number of nitrogens with zero attached hydrogens (tertiary/aromatic N) is 5. The number of carbonyl (C=O) groups is 1. The molecule has 0 radical (unpaired) electrons. The maximum absolute atomic E-state index is 11.6. The molecule has 35 heavy (non-hydrogen) atoms. The largest absolute Gasteiger partial charge is 0.437 e. The molecule has 0 atom stereocenters. The van der Waals surface area contributed by atoms with Crippen LogP contribution in [0.2, 0.25) is 0 Å². The first-order valence-electron chi connectivity index (χ1n) is 11.3. The number of aromatic nitrogens is 4. The molecule has 3 N–H and O–H groups in total. The van der Waals surface area contributed by atoms with Crippen LogP contribution < -0.4 is 20.3 Å². The summed E-state index contributed by atoms with van der Waals surface area (Å²) in [5, 5.41) is 5.96. The van der Waals surface area contributed by atoms with Crippen LogP contribution in [0.4, 0.5) is 23.0 Å². The molecule has 1 aliphatic rings. The van der Waals surface area contributed by atoms with E-state index >= 15 is 0 Å². The minimum Gasteiger partial charge on any atom is -0.437 e. The van der Waals surface area contributed by atoms with Gasteiger partial charge in [0.15, 0.2) is 11.2 Å². The molecule has 10 heteroatoms. The summed E-state index contributed by atoms with van der Waals surface area (Å²) in [6.07, 6.45) is 2.75. The van der Waals surface area contributed by atoms with Crippen molar-refractivity contribution < 1.29 is 9.53 Å². The molecule has 0 unspecified atom stereocenters. The van der Waals surface area contributed by atoms with E-state index in [4.69, 9.17) is 4.74 Å². The van der Waals surface area contributed by atoms with Crippen molar-refractivity contribution in [2.75, 3.05) is 48.8 Å². The van der Waals surface area contributed by atoms with Crippen molar-refractivity contribution in [3.63, 3.8) is 0 Å². The van der Waals surface area contributed by atoms with Crippen molar-refractivity contribution in [2.24, 2.45) is 0 Å². The van der Waals surface area contributed by atoms with Crippen molar-refractivity contribution >= 4 is 40.1 Å². The molecule has 0 saturated carbocycles. The predicted molar refractivity (Wildman–Crippen MR) is 136 cm³/mol. The lowest BCUT2D eigenvalue weighted by Crippen LogP contribution is -2.44. The minimum absolute atomic E-state index is 0.292. The Bertz CT molecular complexity index is 1340. The Morgan fingerprint density at radius 1 is 1.09 bits per heavy atom. The third kappa shape index (κ3) is 5.22. The average Bonchev–Trinajstić information content (AvgIpc) is 3.34. The number of hydrogen-bond donors (Lipinski definition) is 3. The molecular weight excluding hydrogens is 444 g/mol. The van der Waals surface area contributed by atoms with Gasteiger partial charge in [-0.1, -0.05) is 12.6 Å². The Morgan fingerprint density at radius 2 is 1.89 bits per heavy atom. The van der Waals surface area contributed by atoms with Gasteiger partial charge in [-0.05, 0) is 49.5 Å². The molecule has 2 aromatic carbocycles. The van der Waals surface area contributed by atoms with Crippen LogP contribution in [0.15, 0.2) is 67.5 Å². The van der Waals surface area contributed by atoms with Gasteiger partial charge in [0.05, 0.1) is 6.33 Å². The van der Waals surface area contributed by atoms with E-state index in [-0.39, 0.29) is 5.91 Å². The topological polar surface area (TPSA) is 111 Å². The van der Waals surface area contributed by atoms with E-state index in [0.29, 0.717) is 34.4 Å². The van der Waals surface area contributed by atoms with Crippen LogP contribution >= 0.6 is 0 Å². The van der Waals surface area contributed by atoms with Gasteiger partial charge < -0.3 is 30.2 Å². The monoisotopic (exact) mass is 470 g/mol. The Hall–Kier alpha value is -4.44. The second-order valence-electron chi connectivity index (χ2n) is 8.24. The van der Waals surface area contributed by atoms with Crippen molar-refractivity contribution in [3.05, 3.63) is 67.5 Å². The first kappa shape index (κ1) is 22.4. The third-order valence-electron chi connectivity index (χ3n) is 5.74. The summed E-state index contributed by atoms with van der Waals surface area (Å²) in [6, 6.07) is 15.2. The molecule has 0 aliphatic carbocycles. The molecule has 5 rings (SSSR count). The zero-order chi connectivity index (χ0) is 24.2. The SMILES string of the molecule is C=CC(=O)Nc1cccc(Oc2nc(Nc3ccc(N4CCN(C)CC4)cc3)nc3[nH]cnc23)c1. The average molecular weight is 471 g/mol. The van der Waals surface area contributed by atoms with E-state index in [1.54, 1.807) is 30.6 Å². The van der Waals surface area contributed by atoms with Crippen LogP contribution in [-0.2, 0) is 4.79 Å². The molecule has 4 aromatic rings. The Labute approximate surface area is 202 Å². The van der Waals surface area contributed by atoms with Gasteiger partial charge >= 0.3 is 0 Å². The number of likely N-dealkylation sites (N-methyl/N-ethyl adjacent to an activating group) is 1. The quantitative estimate of drug-likeness (QED) is 0.350.